The lowest BCUT2D eigenvalue weighted by Crippen LogP contribution is -2.30. The van der Waals surface area contributed by atoms with Crippen LogP contribution >= 0.6 is 0 Å². The quantitative estimate of drug-likeness (QED) is 0.847. The molecule has 0 aliphatic heterocycles. The second-order valence-corrected chi connectivity index (χ2v) is 4.60. The smallest absolute Gasteiger partial charge is 0.270 e. The number of amides is 1. The van der Waals surface area contributed by atoms with Crippen molar-refractivity contribution in [3.63, 3.8) is 0 Å². The summed E-state index contributed by atoms with van der Waals surface area (Å²) in [6.45, 7) is 6.71. The lowest BCUT2D eigenvalue weighted by molar-refractivity contribution is 0.0923. The zero-order valence-corrected chi connectivity index (χ0v) is 12.2. The SMILES string of the molecule is CCc1cc(C(=O)NC(CC)c2ncc[nH]2)n(CC)n1. The van der Waals surface area contributed by atoms with E-state index in [1.807, 2.05) is 26.8 Å². The summed E-state index contributed by atoms with van der Waals surface area (Å²) in [6.07, 6.45) is 5.05. The third kappa shape index (κ3) is 2.89. The van der Waals surface area contributed by atoms with Crippen LogP contribution in [0, 0.1) is 0 Å². The van der Waals surface area contributed by atoms with Gasteiger partial charge in [0.2, 0.25) is 0 Å². The second-order valence-electron chi connectivity index (χ2n) is 4.60. The topological polar surface area (TPSA) is 75.6 Å². The van der Waals surface area contributed by atoms with Gasteiger partial charge in [-0.25, -0.2) is 4.98 Å². The van der Waals surface area contributed by atoms with Gasteiger partial charge in [-0.15, -0.1) is 0 Å². The highest BCUT2D eigenvalue weighted by Crippen LogP contribution is 2.13. The highest BCUT2D eigenvalue weighted by Gasteiger charge is 2.19. The molecule has 6 nitrogen and oxygen atoms in total. The Labute approximate surface area is 118 Å². The minimum Gasteiger partial charge on any atom is -0.347 e. The summed E-state index contributed by atoms with van der Waals surface area (Å²) < 4.78 is 1.74. The third-order valence-corrected chi connectivity index (χ3v) is 3.29. The summed E-state index contributed by atoms with van der Waals surface area (Å²) in [5, 5.41) is 7.40. The van der Waals surface area contributed by atoms with Gasteiger partial charge in [-0.1, -0.05) is 13.8 Å². The number of hydrogen-bond donors (Lipinski definition) is 2. The molecule has 2 aromatic heterocycles. The molecular weight excluding hydrogens is 254 g/mol. The number of rotatable bonds is 6. The number of nitrogens with one attached hydrogen (secondary N) is 2. The van der Waals surface area contributed by atoms with Crippen molar-refractivity contribution in [2.75, 3.05) is 0 Å². The predicted molar refractivity (Wildman–Crippen MR) is 76.4 cm³/mol. The van der Waals surface area contributed by atoms with Gasteiger partial charge in [0.05, 0.1) is 11.7 Å². The van der Waals surface area contributed by atoms with Crippen molar-refractivity contribution in [3.8, 4) is 0 Å². The molecule has 2 N–H and O–H groups in total. The van der Waals surface area contributed by atoms with Gasteiger partial charge in [0, 0.05) is 18.9 Å². The zero-order valence-electron chi connectivity index (χ0n) is 12.2. The molecule has 6 heteroatoms. The third-order valence-electron chi connectivity index (χ3n) is 3.29. The fourth-order valence-corrected chi connectivity index (χ4v) is 2.13. The maximum Gasteiger partial charge on any atom is 0.270 e. The zero-order chi connectivity index (χ0) is 14.5. The monoisotopic (exact) mass is 275 g/mol. The van der Waals surface area contributed by atoms with E-state index >= 15 is 0 Å². The molecule has 1 amide bonds. The first kappa shape index (κ1) is 14.3. The summed E-state index contributed by atoms with van der Waals surface area (Å²) in [4.78, 5) is 19.7. The van der Waals surface area contributed by atoms with E-state index in [2.05, 4.69) is 20.4 Å². The van der Waals surface area contributed by atoms with Gasteiger partial charge in [-0.3, -0.25) is 9.48 Å². The molecule has 0 saturated heterocycles. The number of carbonyl (C=O) groups excluding carboxylic acids is 1. The van der Waals surface area contributed by atoms with Crippen LogP contribution in [0.2, 0.25) is 0 Å². The summed E-state index contributed by atoms with van der Waals surface area (Å²) in [5.74, 6) is 0.668. The van der Waals surface area contributed by atoms with Crippen LogP contribution in [-0.2, 0) is 13.0 Å². The molecule has 2 heterocycles. The molecule has 0 fully saturated rings. The summed E-state index contributed by atoms with van der Waals surface area (Å²) >= 11 is 0. The summed E-state index contributed by atoms with van der Waals surface area (Å²) in [7, 11) is 0. The number of nitrogens with zero attached hydrogens (tertiary/aromatic N) is 3. The summed E-state index contributed by atoms with van der Waals surface area (Å²) in [5.41, 5.74) is 1.54. The number of carbonyl (C=O) groups is 1. The minimum atomic E-state index is -0.109. The van der Waals surface area contributed by atoms with Crippen LogP contribution in [0.3, 0.4) is 0 Å². The number of H-pyrrole nitrogens is 1. The lowest BCUT2D eigenvalue weighted by atomic mass is 10.2. The first-order valence-electron chi connectivity index (χ1n) is 7.06. The minimum absolute atomic E-state index is 0.109. The normalized spacial score (nSPS) is 12.3. The molecule has 2 aromatic rings. The van der Waals surface area contributed by atoms with Gasteiger partial charge >= 0.3 is 0 Å². The molecule has 20 heavy (non-hydrogen) atoms. The summed E-state index contributed by atoms with van der Waals surface area (Å²) in [6, 6.07) is 1.75. The average molecular weight is 275 g/mol. The van der Waals surface area contributed by atoms with E-state index in [-0.39, 0.29) is 11.9 Å². The largest absolute Gasteiger partial charge is 0.347 e. The Morgan fingerprint density at radius 1 is 1.45 bits per heavy atom. The van der Waals surface area contributed by atoms with Crippen LogP contribution < -0.4 is 5.32 Å². The van der Waals surface area contributed by atoms with Gasteiger partial charge in [0.25, 0.3) is 5.91 Å². The van der Waals surface area contributed by atoms with Crippen LogP contribution in [-0.4, -0.2) is 25.7 Å². The average Bonchev–Trinajstić information content (AvgIpc) is 3.12. The highest BCUT2D eigenvalue weighted by atomic mass is 16.2. The van der Waals surface area contributed by atoms with E-state index in [0.717, 1.165) is 24.4 Å². The van der Waals surface area contributed by atoms with Gasteiger partial charge in [-0.05, 0) is 25.8 Å². The van der Waals surface area contributed by atoms with E-state index in [4.69, 9.17) is 0 Å². The van der Waals surface area contributed by atoms with Crippen molar-refractivity contribution in [2.24, 2.45) is 0 Å². The van der Waals surface area contributed by atoms with Gasteiger partial charge in [-0.2, -0.15) is 5.10 Å². The van der Waals surface area contributed by atoms with Crippen molar-refractivity contribution in [3.05, 3.63) is 35.7 Å². The number of imidazole rings is 1. The van der Waals surface area contributed by atoms with Crippen LogP contribution in [0.5, 0.6) is 0 Å². The van der Waals surface area contributed by atoms with Crippen molar-refractivity contribution in [1.82, 2.24) is 25.1 Å². The Balaban J connectivity index is 2.16. The molecule has 0 saturated carbocycles. The van der Waals surface area contributed by atoms with Crippen LogP contribution in [0.15, 0.2) is 18.5 Å². The second kappa shape index (κ2) is 6.36. The lowest BCUT2D eigenvalue weighted by Gasteiger charge is -2.14. The first-order chi connectivity index (χ1) is 9.69. The number of aromatic amines is 1. The van der Waals surface area contributed by atoms with Crippen LogP contribution in [0.25, 0.3) is 0 Å². The molecular formula is C14H21N5O. The van der Waals surface area contributed by atoms with Crippen molar-refractivity contribution in [2.45, 2.75) is 46.2 Å². The van der Waals surface area contributed by atoms with E-state index in [0.29, 0.717) is 12.2 Å². The fourth-order valence-electron chi connectivity index (χ4n) is 2.13. The molecule has 2 rings (SSSR count). The van der Waals surface area contributed by atoms with E-state index in [1.54, 1.807) is 17.1 Å². The predicted octanol–water partition coefficient (Wildman–Crippen LogP) is 2.07. The highest BCUT2D eigenvalue weighted by molar-refractivity contribution is 5.92. The van der Waals surface area contributed by atoms with Crippen molar-refractivity contribution in [1.29, 1.82) is 0 Å². The molecule has 0 aliphatic rings. The van der Waals surface area contributed by atoms with E-state index in [9.17, 15) is 4.79 Å². The Morgan fingerprint density at radius 2 is 2.25 bits per heavy atom. The van der Waals surface area contributed by atoms with Crippen molar-refractivity contribution >= 4 is 5.91 Å². The molecule has 1 unspecified atom stereocenters. The van der Waals surface area contributed by atoms with Crippen LogP contribution in [0.1, 0.15) is 55.2 Å². The molecule has 108 valence electrons. The Morgan fingerprint density at radius 3 is 2.80 bits per heavy atom. The van der Waals surface area contributed by atoms with Gasteiger partial charge in [0.1, 0.15) is 11.5 Å². The molecule has 0 aromatic carbocycles. The molecule has 0 radical (unpaired) electrons. The Kier molecular flexibility index (Phi) is 4.55. The maximum atomic E-state index is 12.4. The van der Waals surface area contributed by atoms with E-state index < -0.39 is 0 Å². The number of aryl methyl sites for hydroxylation is 2. The molecule has 1 atom stereocenters. The van der Waals surface area contributed by atoms with Gasteiger partial charge < -0.3 is 10.3 Å². The van der Waals surface area contributed by atoms with Crippen molar-refractivity contribution < 1.29 is 4.79 Å². The molecule has 0 aliphatic carbocycles. The molecule has 0 spiro atoms. The molecule has 0 bridgehead atoms. The standard InChI is InChI=1S/C14H21N5O/c1-4-10-9-12(19(6-3)18-10)14(20)17-11(5-2)13-15-7-8-16-13/h7-9,11H,4-6H2,1-3H3,(H,15,16)(H,17,20). The Hall–Kier alpha value is -2.11. The Bertz CT molecular complexity index is 558. The maximum absolute atomic E-state index is 12.4. The fraction of sp³-hybridized carbons (Fsp3) is 0.500. The first-order valence-corrected chi connectivity index (χ1v) is 7.06. The number of hydrogen-bond acceptors (Lipinski definition) is 3. The van der Waals surface area contributed by atoms with Gasteiger partial charge in [0.15, 0.2) is 0 Å². The number of aromatic nitrogens is 4. The van der Waals surface area contributed by atoms with E-state index in [1.165, 1.54) is 0 Å². The van der Waals surface area contributed by atoms with Crippen LogP contribution in [0.4, 0.5) is 0 Å².